The molecule has 1 saturated carbocycles. The van der Waals surface area contributed by atoms with Gasteiger partial charge in [-0.1, -0.05) is 60.2 Å². The molecule has 1 aliphatic carbocycles. The Morgan fingerprint density at radius 3 is 2.66 bits per heavy atom. The number of carbonyl (C=O) groups excluding carboxylic acids is 1. The maximum absolute atomic E-state index is 12.9. The van der Waals surface area contributed by atoms with Crippen LogP contribution in [0.2, 0.25) is 0 Å². The van der Waals surface area contributed by atoms with Gasteiger partial charge in [-0.05, 0) is 41.3 Å². The monoisotopic (exact) mass is 402 g/mol. The fourth-order valence-corrected chi connectivity index (χ4v) is 4.85. The van der Waals surface area contributed by atoms with Gasteiger partial charge >= 0.3 is 0 Å². The van der Waals surface area contributed by atoms with Crippen LogP contribution in [0, 0.1) is 0 Å². The molecule has 0 aliphatic heterocycles. The molecular formula is C23H22N4OS. The number of nitrogens with zero attached hydrogens (tertiary/aromatic N) is 3. The number of carbonyl (C=O) groups is 1. The summed E-state index contributed by atoms with van der Waals surface area (Å²) in [5.41, 5.74) is 1.14. The van der Waals surface area contributed by atoms with Gasteiger partial charge in [-0.15, -0.1) is 10.2 Å². The summed E-state index contributed by atoms with van der Waals surface area (Å²) in [6.07, 6.45) is 7.98. The minimum absolute atomic E-state index is 0.0482. The van der Waals surface area contributed by atoms with Gasteiger partial charge in [0.15, 0.2) is 0 Å². The third kappa shape index (κ3) is 3.68. The Morgan fingerprint density at radius 1 is 1.07 bits per heavy atom. The van der Waals surface area contributed by atoms with Crippen molar-refractivity contribution in [2.75, 3.05) is 5.32 Å². The average molecular weight is 403 g/mol. The van der Waals surface area contributed by atoms with Crippen LogP contribution >= 0.6 is 11.3 Å². The standard InChI is InChI=1S/C23H22N4OS/c28-21(24-23-26-25-22(29-23)17-9-5-10-17)15-20(27-13-3-4-14-27)19-12-6-8-16-7-1-2-11-18(16)19/h1-4,6-8,11-14,17,20H,5,9-10,15H2,(H,24,26,28). The Balaban J connectivity index is 1.40. The van der Waals surface area contributed by atoms with Gasteiger partial charge in [0, 0.05) is 18.3 Å². The van der Waals surface area contributed by atoms with E-state index in [2.05, 4.69) is 50.4 Å². The number of benzene rings is 2. The Labute approximate surface area is 173 Å². The largest absolute Gasteiger partial charge is 0.346 e. The number of hydrogen-bond acceptors (Lipinski definition) is 4. The summed E-state index contributed by atoms with van der Waals surface area (Å²) < 4.78 is 2.10. The maximum Gasteiger partial charge on any atom is 0.228 e. The Morgan fingerprint density at radius 2 is 1.86 bits per heavy atom. The van der Waals surface area contributed by atoms with Crippen molar-refractivity contribution in [1.82, 2.24) is 14.8 Å². The first-order valence-corrected chi connectivity index (χ1v) is 10.8. The minimum Gasteiger partial charge on any atom is -0.346 e. The van der Waals surface area contributed by atoms with Crippen LogP contribution in [-0.2, 0) is 4.79 Å². The smallest absolute Gasteiger partial charge is 0.228 e. The first kappa shape index (κ1) is 18.1. The molecule has 1 atom stereocenters. The molecule has 1 fully saturated rings. The summed E-state index contributed by atoms with van der Waals surface area (Å²) in [4.78, 5) is 12.9. The molecule has 0 spiro atoms. The van der Waals surface area contributed by atoms with E-state index in [4.69, 9.17) is 0 Å². The maximum atomic E-state index is 12.9. The van der Waals surface area contributed by atoms with Crippen LogP contribution in [0.4, 0.5) is 5.13 Å². The van der Waals surface area contributed by atoms with E-state index in [1.54, 1.807) is 0 Å². The molecule has 0 saturated heterocycles. The van der Waals surface area contributed by atoms with Gasteiger partial charge in [-0.2, -0.15) is 0 Å². The summed E-state index contributed by atoms with van der Waals surface area (Å²) in [6.45, 7) is 0. The molecule has 4 aromatic rings. The van der Waals surface area contributed by atoms with Crippen molar-refractivity contribution in [2.45, 2.75) is 37.6 Å². The van der Waals surface area contributed by atoms with Crippen molar-refractivity contribution < 1.29 is 4.79 Å². The third-order valence-electron chi connectivity index (χ3n) is 5.69. The molecule has 6 heteroatoms. The topological polar surface area (TPSA) is 59.8 Å². The number of rotatable bonds is 6. The SMILES string of the molecule is O=C(CC(c1cccc2ccccc12)n1cccc1)Nc1nnc(C2CCC2)s1. The second-order valence-electron chi connectivity index (χ2n) is 7.54. The van der Waals surface area contributed by atoms with Crippen molar-refractivity contribution in [1.29, 1.82) is 0 Å². The highest BCUT2D eigenvalue weighted by molar-refractivity contribution is 7.15. The summed E-state index contributed by atoms with van der Waals surface area (Å²) in [5.74, 6) is 0.481. The molecular weight excluding hydrogens is 380 g/mol. The van der Waals surface area contributed by atoms with Crippen LogP contribution in [0.15, 0.2) is 67.0 Å². The van der Waals surface area contributed by atoms with E-state index in [9.17, 15) is 4.79 Å². The molecule has 1 N–H and O–H groups in total. The first-order chi connectivity index (χ1) is 14.3. The Kier molecular flexibility index (Phi) is 4.86. The second kappa shape index (κ2) is 7.79. The lowest BCUT2D eigenvalue weighted by Crippen LogP contribution is -2.19. The van der Waals surface area contributed by atoms with Crippen molar-refractivity contribution in [3.63, 3.8) is 0 Å². The quantitative estimate of drug-likeness (QED) is 0.471. The third-order valence-corrected chi connectivity index (χ3v) is 6.69. The van der Waals surface area contributed by atoms with E-state index < -0.39 is 0 Å². The molecule has 2 heterocycles. The van der Waals surface area contributed by atoms with Crippen molar-refractivity contribution in [2.24, 2.45) is 0 Å². The van der Waals surface area contributed by atoms with Gasteiger partial charge in [-0.3, -0.25) is 4.79 Å². The summed E-state index contributed by atoms with van der Waals surface area (Å²) in [7, 11) is 0. The van der Waals surface area contributed by atoms with Gasteiger partial charge in [0.2, 0.25) is 11.0 Å². The van der Waals surface area contributed by atoms with E-state index in [0.717, 1.165) is 10.6 Å². The molecule has 1 unspecified atom stereocenters. The van der Waals surface area contributed by atoms with Gasteiger partial charge < -0.3 is 9.88 Å². The highest BCUT2D eigenvalue weighted by Crippen LogP contribution is 2.38. The Hall–Kier alpha value is -2.99. The molecule has 5 rings (SSSR count). The van der Waals surface area contributed by atoms with E-state index in [0.29, 0.717) is 17.5 Å². The summed E-state index contributed by atoms with van der Waals surface area (Å²) in [6, 6.07) is 18.5. The van der Waals surface area contributed by atoms with E-state index in [1.807, 2.05) is 36.7 Å². The molecule has 5 nitrogen and oxygen atoms in total. The molecule has 1 aliphatic rings. The number of hydrogen-bond donors (Lipinski definition) is 1. The summed E-state index contributed by atoms with van der Waals surface area (Å²) in [5, 5.41) is 15.4. The molecule has 2 aromatic heterocycles. The minimum atomic E-state index is -0.0878. The molecule has 2 aromatic carbocycles. The molecule has 1 amide bonds. The number of aromatic nitrogens is 3. The zero-order valence-corrected chi connectivity index (χ0v) is 16.8. The van der Waals surface area contributed by atoms with Crippen LogP contribution in [0.5, 0.6) is 0 Å². The van der Waals surface area contributed by atoms with E-state index in [-0.39, 0.29) is 11.9 Å². The van der Waals surface area contributed by atoms with Crippen LogP contribution in [0.1, 0.15) is 48.2 Å². The highest BCUT2D eigenvalue weighted by atomic mass is 32.1. The van der Waals surface area contributed by atoms with E-state index >= 15 is 0 Å². The van der Waals surface area contributed by atoms with Crippen LogP contribution in [0.3, 0.4) is 0 Å². The highest BCUT2D eigenvalue weighted by Gasteiger charge is 2.24. The Bertz CT molecular complexity index is 1130. The predicted molar refractivity (Wildman–Crippen MR) is 116 cm³/mol. The van der Waals surface area contributed by atoms with Gasteiger partial charge in [0.25, 0.3) is 0 Å². The zero-order chi connectivity index (χ0) is 19.6. The van der Waals surface area contributed by atoms with Crippen molar-refractivity contribution >= 4 is 33.1 Å². The van der Waals surface area contributed by atoms with Gasteiger partial charge in [-0.25, -0.2) is 0 Å². The molecule has 0 radical (unpaired) electrons. The van der Waals surface area contributed by atoms with Crippen LogP contribution in [0.25, 0.3) is 10.8 Å². The second-order valence-corrected chi connectivity index (χ2v) is 8.55. The lowest BCUT2D eigenvalue weighted by molar-refractivity contribution is -0.116. The van der Waals surface area contributed by atoms with Crippen molar-refractivity contribution in [3.8, 4) is 0 Å². The lowest BCUT2D eigenvalue weighted by Gasteiger charge is -2.22. The molecule has 0 bridgehead atoms. The van der Waals surface area contributed by atoms with Crippen molar-refractivity contribution in [3.05, 3.63) is 77.6 Å². The number of anilines is 1. The fourth-order valence-electron chi connectivity index (χ4n) is 3.92. The summed E-state index contributed by atoms with van der Waals surface area (Å²) >= 11 is 1.51. The predicted octanol–water partition coefficient (Wildman–Crippen LogP) is 5.38. The van der Waals surface area contributed by atoms with Gasteiger partial charge in [0.1, 0.15) is 5.01 Å². The van der Waals surface area contributed by atoms with Crippen LogP contribution in [-0.4, -0.2) is 20.7 Å². The normalized spacial score (nSPS) is 15.2. The number of amides is 1. The average Bonchev–Trinajstić information content (AvgIpc) is 3.37. The molecule has 146 valence electrons. The lowest BCUT2D eigenvalue weighted by atomic mass is 9.86. The molecule has 29 heavy (non-hydrogen) atoms. The first-order valence-electron chi connectivity index (χ1n) is 10.0. The van der Waals surface area contributed by atoms with Crippen LogP contribution < -0.4 is 5.32 Å². The van der Waals surface area contributed by atoms with Gasteiger partial charge in [0.05, 0.1) is 12.5 Å². The van der Waals surface area contributed by atoms with E-state index in [1.165, 1.54) is 41.4 Å². The number of fused-ring (bicyclic) bond motifs is 1. The zero-order valence-electron chi connectivity index (χ0n) is 16.0. The fraction of sp³-hybridized carbons (Fsp3) is 0.261. The number of nitrogens with one attached hydrogen (secondary N) is 1.